The maximum Gasteiger partial charge on any atom is 0.344 e. The Hall–Kier alpha value is -2.73. The van der Waals surface area contributed by atoms with Crippen LogP contribution in [0.1, 0.15) is 6.92 Å². The Morgan fingerprint density at radius 3 is 2.44 bits per heavy atom. The van der Waals surface area contributed by atoms with Crippen LogP contribution >= 0.6 is 11.6 Å². The average molecular weight is 364 g/mol. The van der Waals surface area contributed by atoms with Gasteiger partial charge in [0.1, 0.15) is 11.5 Å². The van der Waals surface area contributed by atoms with Crippen LogP contribution < -0.4 is 14.8 Å². The zero-order valence-electron chi connectivity index (χ0n) is 13.8. The van der Waals surface area contributed by atoms with Gasteiger partial charge in [0.15, 0.2) is 12.7 Å². The molecule has 1 N–H and O–H groups in total. The smallest absolute Gasteiger partial charge is 0.344 e. The van der Waals surface area contributed by atoms with Gasteiger partial charge in [-0.15, -0.1) is 0 Å². The van der Waals surface area contributed by atoms with E-state index in [1.165, 1.54) is 6.92 Å². The lowest BCUT2D eigenvalue weighted by Gasteiger charge is -2.14. The van der Waals surface area contributed by atoms with E-state index < -0.39 is 18.0 Å². The van der Waals surface area contributed by atoms with Crippen LogP contribution in [0, 0.1) is 0 Å². The molecular weight excluding hydrogens is 346 g/mol. The van der Waals surface area contributed by atoms with Gasteiger partial charge >= 0.3 is 5.97 Å². The summed E-state index contributed by atoms with van der Waals surface area (Å²) in [6, 6.07) is 13.6. The molecule has 132 valence electrons. The topological polar surface area (TPSA) is 73.9 Å². The number of carbonyl (C=O) groups is 2. The van der Waals surface area contributed by atoms with Gasteiger partial charge in [0.2, 0.25) is 0 Å². The van der Waals surface area contributed by atoms with Crippen molar-refractivity contribution in [3.8, 4) is 11.5 Å². The number of carbonyl (C=O) groups excluding carboxylic acids is 2. The summed E-state index contributed by atoms with van der Waals surface area (Å²) >= 11 is 5.93. The fraction of sp³-hybridized carbons (Fsp3) is 0.222. The fourth-order valence-corrected chi connectivity index (χ4v) is 2.09. The van der Waals surface area contributed by atoms with Gasteiger partial charge in [-0.2, -0.15) is 0 Å². The quantitative estimate of drug-likeness (QED) is 0.764. The molecule has 2 rings (SSSR count). The van der Waals surface area contributed by atoms with Gasteiger partial charge in [-0.1, -0.05) is 23.7 Å². The van der Waals surface area contributed by atoms with Crippen molar-refractivity contribution in [2.45, 2.75) is 13.0 Å². The highest BCUT2D eigenvalue weighted by Crippen LogP contribution is 2.23. The number of para-hydroxylation sites is 1. The van der Waals surface area contributed by atoms with Crippen LogP contribution in [0.5, 0.6) is 11.5 Å². The first-order valence-electron chi connectivity index (χ1n) is 7.51. The summed E-state index contributed by atoms with van der Waals surface area (Å²) in [4.78, 5) is 23.8. The van der Waals surface area contributed by atoms with E-state index in [2.05, 4.69) is 5.32 Å². The summed E-state index contributed by atoms with van der Waals surface area (Å²) in [5, 5.41) is 3.04. The zero-order chi connectivity index (χ0) is 18.2. The second-order valence-corrected chi connectivity index (χ2v) is 5.48. The van der Waals surface area contributed by atoms with E-state index in [4.69, 9.17) is 25.8 Å². The number of ether oxygens (including phenoxy) is 3. The minimum atomic E-state index is -0.968. The lowest BCUT2D eigenvalue weighted by atomic mass is 10.3. The van der Waals surface area contributed by atoms with E-state index in [0.717, 1.165) is 0 Å². The van der Waals surface area contributed by atoms with E-state index in [0.29, 0.717) is 22.2 Å². The molecule has 0 saturated carbocycles. The van der Waals surface area contributed by atoms with Crippen LogP contribution in [0.4, 0.5) is 5.69 Å². The molecule has 0 saturated heterocycles. The van der Waals surface area contributed by atoms with Crippen molar-refractivity contribution >= 4 is 29.2 Å². The second-order valence-electron chi connectivity index (χ2n) is 5.07. The molecule has 6 nitrogen and oxygen atoms in total. The average Bonchev–Trinajstić information content (AvgIpc) is 2.61. The minimum Gasteiger partial charge on any atom is -0.497 e. The van der Waals surface area contributed by atoms with Crippen LogP contribution in [0.15, 0.2) is 48.5 Å². The number of rotatable bonds is 7. The molecule has 1 amide bonds. The number of benzene rings is 2. The summed E-state index contributed by atoms with van der Waals surface area (Å²) in [6.45, 7) is 1.14. The van der Waals surface area contributed by atoms with Gasteiger partial charge in [0.25, 0.3) is 5.91 Å². The highest BCUT2D eigenvalue weighted by molar-refractivity contribution is 6.32. The lowest BCUT2D eigenvalue weighted by molar-refractivity contribution is -0.155. The summed E-state index contributed by atoms with van der Waals surface area (Å²) in [7, 11) is 1.56. The molecule has 0 spiro atoms. The van der Waals surface area contributed by atoms with Crippen LogP contribution in [-0.2, 0) is 14.3 Å². The Morgan fingerprint density at radius 2 is 1.80 bits per heavy atom. The predicted octanol–water partition coefficient (Wildman–Crippen LogP) is 3.30. The van der Waals surface area contributed by atoms with E-state index in [-0.39, 0.29) is 6.61 Å². The first kappa shape index (κ1) is 18.6. The normalized spacial score (nSPS) is 11.3. The molecule has 0 aliphatic carbocycles. The summed E-state index contributed by atoms with van der Waals surface area (Å²) in [5.74, 6) is -0.0702. The van der Waals surface area contributed by atoms with E-state index in [1.54, 1.807) is 55.6 Å². The number of esters is 1. The number of amides is 1. The largest absolute Gasteiger partial charge is 0.497 e. The first-order valence-corrected chi connectivity index (χ1v) is 7.89. The highest BCUT2D eigenvalue weighted by atomic mass is 35.5. The number of anilines is 1. The van der Waals surface area contributed by atoms with Crippen LogP contribution in [0.25, 0.3) is 0 Å². The van der Waals surface area contributed by atoms with Crippen molar-refractivity contribution in [1.82, 2.24) is 0 Å². The molecule has 0 aromatic heterocycles. The molecule has 0 aliphatic rings. The molecule has 7 heteroatoms. The summed E-state index contributed by atoms with van der Waals surface area (Å²) in [5.41, 5.74) is 0.570. The maximum atomic E-state index is 12.0. The fourth-order valence-electron chi connectivity index (χ4n) is 1.90. The monoisotopic (exact) mass is 363 g/mol. The third kappa shape index (κ3) is 5.69. The van der Waals surface area contributed by atoms with Crippen molar-refractivity contribution in [1.29, 1.82) is 0 Å². The minimum absolute atomic E-state index is 0.343. The first-order chi connectivity index (χ1) is 12.0. The number of halogens is 1. The van der Waals surface area contributed by atoms with E-state index in [9.17, 15) is 9.59 Å². The summed E-state index contributed by atoms with van der Waals surface area (Å²) < 4.78 is 15.4. The van der Waals surface area contributed by atoms with Crippen LogP contribution in [-0.4, -0.2) is 31.7 Å². The van der Waals surface area contributed by atoms with Gasteiger partial charge in [0.05, 0.1) is 12.1 Å². The van der Waals surface area contributed by atoms with E-state index >= 15 is 0 Å². The molecular formula is C18H18ClNO5. The highest BCUT2D eigenvalue weighted by Gasteiger charge is 2.18. The van der Waals surface area contributed by atoms with Crippen molar-refractivity contribution < 1.29 is 23.8 Å². The van der Waals surface area contributed by atoms with E-state index in [1.807, 2.05) is 0 Å². The standard InChI is InChI=1S/C18H18ClNO5/c1-12(18(22)20-13-7-9-14(23-2)10-8-13)25-17(21)11-24-16-6-4-3-5-15(16)19/h3-10,12H,11H2,1-2H3,(H,20,22). The number of hydrogen-bond acceptors (Lipinski definition) is 5. The van der Waals surface area contributed by atoms with Crippen molar-refractivity contribution in [3.05, 3.63) is 53.6 Å². The van der Waals surface area contributed by atoms with Gasteiger partial charge in [-0.05, 0) is 43.3 Å². The molecule has 0 radical (unpaired) electrons. The third-order valence-corrected chi connectivity index (χ3v) is 3.53. The Balaban J connectivity index is 1.81. The molecule has 25 heavy (non-hydrogen) atoms. The molecule has 2 aromatic rings. The Morgan fingerprint density at radius 1 is 1.12 bits per heavy atom. The SMILES string of the molecule is COc1ccc(NC(=O)C(C)OC(=O)COc2ccccc2Cl)cc1. The Labute approximate surface area is 150 Å². The zero-order valence-corrected chi connectivity index (χ0v) is 14.6. The second kappa shape index (κ2) is 8.94. The van der Waals surface area contributed by atoms with Crippen LogP contribution in [0.2, 0.25) is 5.02 Å². The Bertz CT molecular complexity index is 733. The molecule has 2 aromatic carbocycles. The van der Waals surface area contributed by atoms with Gasteiger partial charge in [0, 0.05) is 5.69 Å². The summed E-state index contributed by atoms with van der Waals surface area (Å²) in [6.07, 6.45) is -0.968. The van der Waals surface area contributed by atoms with Gasteiger partial charge in [-0.25, -0.2) is 4.79 Å². The molecule has 0 fully saturated rings. The molecule has 1 atom stereocenters. The third-order valence-electron chi connectivity index (χ3n) is 3.22. The van der Waals surface area contributed by atoms with Crippen molar-refractivity contribution in [2.75, 3.05) is 19.0 Å². The van der Waals surface area contributed by atoms with Gasteiger partial charge < -0.3 is 19.5 Å². The number of hydrogen-bond donors (Lipinski definition) is 1. The molecule has 0 bridgehead atoms. The maximum absolute atomic E-state index is 12.0. The molecule has 1 unspecified atom stereocenters. The van der Waals surface area contributed by atoms with Crippen molar-refractivity contribution in [2.24, 2.45) is 0 Å². The van der Waals surface area contributed by atoms with Gasteiger partial charge in [-0.3, -0.25) is 4.79 Å². The molecule has 0 heterocycles. The lowest BCUT2D eigenvalue weighted by Crippen LogP contribution is -2.31. The Kier molecular flexibility index (Phi) is 6.65. The van der Waals surface area contributed by atoms with Crippen molar-refractivity contribution in [3.63, 3.8) is 0 Å². The molecule has 0 aliphatic heterocycles. The number of nitrogens with one attached hydrogen (secondary N) is 1. The van der Waals surface area contributed by atoms with Crippen LogP contribution in [0.3, 0.4) is 0 Å². The predicted molar refractivity (Wildman–Crippen MR) is 94.1 cm³/mol. The number of methoxy groups -OCH3 is 1.